The Morgan fingerprint density at radius 2 is 1.64 bits per heavy atom. The normalized spacial score (nSPS) is 20.2. The van der Waals surface area contributed by atoms with Crippen LogP contribution in [-0.2, 0) is 0 Å². The topological polar surface area (TPSA) is 51.1 Å². The van der Waals surface area contributed by atoms with Crippen molar-refractivity contribution in [1.82, 2.24) is 5.01 Å². The molecule has 5 nitrogen and oxygen atoms in total. The number of rotatable bonds is 5. The lowest BCUT2D eigenvalue weighted by molar-refractivity contribution is 0.0681. The molecular formula is C29H26Cl2N2O3. The van der Waals surface area contributed by atoms with Gasteiger partial charge in [0.25, 0.3) is 5.91 Å². The number of hydrogen-bond acceptors (Lipinski definition) is 4. The summed E-state index contributed by atoms with van der Waals surface area (Å²) >= 11 is 12.5. The number of carbonyl (C=O) groups excluding carboxylic acids is 1. The summed E-state index contributed by atoms with van der Waals surface area (Å²) in [5.74, 6) is 1.41. The number of hydrogen-bond donors (Lipinski definition) is 0. The lowest BCUT2D eigenvalue weighted by Crippen LogP contribution is -2.32. The Labute approximate surface area is 220 Å². The average Bonchev–Trinajstić information content (AvgIpc) is 3.29. The second-order valence-corrected chi connectivity index (χ2v) is 9.76. The molecule has 1 aliphatic carbocycles. The summed E-state index contributed by atoms with van der Waals surface area (Å²) < 4.78 is 10.6. The number of fused-ring (bicyclic) bond motifs is 1. The number of nitrogens with zero attached hydrogens (tertiary/aromatic N) is 2. The first kappa shape index (κ1) is 24.4. The van der Waals surface area contributed by atoms with Crippen LogP contribution in [0, 0.1) is 5.92 Å². The van der Waals surface area contributed by atoms with Gasteiger partial charge in [-0.25, -0.2) is 5.01 Å². The molecule has 7 heteroatoms. The molecule has 0 radical (unpaired) electrons. The minimum atomic E-state index is -0.247. The second-order valence-electron chi connectivity index (χ2n) is 8.92. The van der Waals surface area contributed by atoms with Gasteiger partial charge in [0.15, 0.2) is 0 Å². The van der Waals surface area contributed by atoms with E-state index in [0.717, 1.165) is 53.2 Å². The van der Waals surface area contributed by atoms with Crippen LogP contribution in [0.5, 0.6) is 11.5 Å². The van der Waals surface area contributed by atoms with Gasteiger partial charge in [-0.15, -0.1) is 0 Å². The molecule has 1 heterocycles. The monoisotopic (exact) mass is 520 g/mol. The number of carbonyl (C=O) groups is 1. The molecule has 3 aromatic carbocycles. The van der Waals surface area contributed by atoms with E-state index in [1.165, 1.54) is 0 Å². The summed E-state index contributed by atoms with van der Waals surface area (Å²) in [7, 11) is 3.30. The maximum absolute atomic E-state index is 13.8. The second kappa shape index (κ2) is 10.4. The van der Waals surface area contributed by atoms with Crippen LogP contribution in [0.25, 0.3) is 6.08 Å². The van der Waals surface area contributed by atoms with E-state index in [1.54, 1.807) is 37.4 Å². The van der Waals surface area contributed by atoms with Crippen molar-refractivity contribution in [3.8, 4) is 11.5 Å². The molecule has 184 valence electrons. The predicted octanol–water partition coefficient (Wildman–Crippen LogP) is 7.45. The Morgan fingerprint density at radius 3 is 2.28 bits per heavy atom. The van der Waals surface area contributed by atoms with Crippen molar-refractivity contribution < 1.29 is 14.3 Å². The quantitative estimate of drug-likeness (QED) is 0.351. The number of amides is 1. The van der Waals surface area contributed by atoms with E-state index in [-0.39, 0.29) is 17.9 Å². The van der Waals surface area contributed by atoms with Crippen LogP contribution in [0.2, 0.25) is 10.0 Å². The number of methoxy groups -OCH3 is 2. The van der Waals surface area contributed by atoms with Gasteiger partial charge in [-0.2, -0.15) is 5.10 Å². The Hall–Kier alpha value is -3.28. The fourth-order valence-electron chi connectivity index (χ4n) is 4.99. The number of allylic oxidation sites excluding steroid dienone is 1. The molecule has 2 aliphatic rings. The van der Waals surface area contributed by atoms with Gasteiger partial charge in [0.05, 0.1) is 36.6 Å². The van der Waals surface area contributed by atoms with E-state index in [4.69, 9.17) is 37.8 Å². The van der Waals surface area contributed by atoms with Crippen molar-refractivity contribution in [3.05, 3.63) is 99.0 Å². The standard InChI is InChI=1S/C29H26Cl2N2O3/c1-35-22-11-6-18(7-12-22)16-20-4-3-5-25-27(20)32-33(28(25)19-8-13-23(36-2)14-9-19)29(34)24-15-10-21(30)17-26(24)31/h6-17,25,28H,3-5H2,1-2H3/b20-16+/t25-,28-/m0/s1. The van der Waals surface area contributed by atoms with E-state index in [9.17, 15) is 4.79 Å². The summed E-state index contributed by atoms with van der Waals surface area (Å²) in [4.78, 5) is 13.8. The third-order valence-corrected chi connectivity index (χ3v) is 7.33. The lowest BCUT2D eigenvalue weighted by atomic mass is 9.77. The fourth-order valence-corrected chi connectivity index (χ4v) is 5.48. The molecule has 3 aromatic rings. The van der Waals surface area contributed by atoms with E-state index in [1.807, 2.05) is 48.5 Å². The Balaban J connectivity index is 1.57. The van der Waals surface area contributed by atoms with Crippen LogP contribution >= 0.6 is 23.2 Å². The smallest absolute Gasteiger partial charge is 0.276 e. The van der Waals surface area contributed by atoms with Crippen LogP contribution in [0.4, 0.5) is 0 Å². The van der Waals surface area contributed by atoms with Gasteiger partial charge in [-0.1, -0.05) is 47.5 Å². The van der Waals surface area contributed by atoms with E-state index in [2.05, 4.69) is 6.08 Å². The minimum absolute atomic E-state index is 0.0756. The van der Waals surface area contributed by atoms with Crippen LogP contribution < -0.4 is 9.47 Å². The molecule has 5 rings (SSSR count). The summed E-state index contributed by atoms with van der Waals surface area (Å²) in [5, 5.41) is 7.34. The highest BCUT2D eigenvalue weighted by Gasteiger charge is 2.44. The van der Waals surface area contributed by atoms with E-state index >= 15 is 0 Å². The highest BCUT2D eigenvalue weighted by molar-refractivity contribution is 6.36. The molecule has 1 saturated carbocycles. The molecule has 0 aromatic heterocycles. The van der Waals surface area contributed by atoms with Crippen molar-refractivity contribution in [1.29, 1.82) is 0 Å². The predicted molar refractivity (Wildman–Crippen MR) is 144 cm³/mol. The zero-order valence-corrected chi connectivity index (χ0v) is 21.6. The summed E-state index contributed by atoms with van der Waals surface area (Å²) in [6.07, 6.45) is 5.02. The number of halogens is 2. The zero-order valence-electron chi connectivity index (χ0n) is 20.1. The highest BCUT2D eigenvalue weighted by atomic mass is 35.5. The van der Waals surface area contributed by atoms with Gasteiger partial charge in [-0.05, 0) is 84.5 Å². The molecule has 0 N–H and O–H groups in total. The van der Waals surface area contributed by atoms with Gasteiger partial charge < -0.3 is 9.47 Å². The zero-order chi connectivity index (χ0) is 25.2. The van der Waals surface area contributed by atoms with Gasteiger partial charge in [-0.3, -0.25) is 4.79 Å². The molecule has 1 amide bonds. The van der Waals surface area contributed by atoms with Crippen molar-refractivity contribution in [2.75, 3.05) is 14.2 Å². The first-order valence-corrected chi connectivity index (χ1v) is 12.6. The largest absolute Gasteiger partial charge is 0.497 e. The Kier molecular flexibility index (Phi) is 7.04. The van der Waals surface area contributed by atoms with Crippen molar-refractivity contribution in [2.45, 2.75) is 25.3 Å². The Bertz CT molecular complexity index is 1330. The molecule has 2 atom stereocenters. The summed E-state index contributed by atoms with van der Waals surface area (Å²) in [5.41, 5.74) is 4.55. The molecule has 0 unspecified atom stereocenters. The molecule has 0 spiro atoms. The number of benzene rings is 3. The Morgan fingerprint density at radius 1 is 0.972 bits per heavy atom. The van der Waals surface area contributed by atoms with Gasteiger partial charge in [0, 0.05) is 10.9 Å². The van der Waals surface area contributed by atoms with Crippen molar-refractivity contribution >= 4 is 40.9 Å². The molecular weight excluding hydrogens is 495 g/mol. The third kappa shape index (κ3) is 4.73. The molecule has 1 fully saturated rings. The van der Waals surface area contributed by atoms with Gasteiger partial charge in [0.1, 0.15) is 11.5 Å². The van der Waals surface area contributed by atoms with Crippen LogP contribution in [0.1, 0.15) is 46.8 Å². The lowest BCUT2D eigenvalue weighted by Gasteiger charge is -2.30. The van der Waals surface area contributed by atoms with E-state index < -0.39 is 0 Å². The average molecular weight is 521 g/mol. The maximum Gasteiger partial charge on any atom is 0.276 e. The van der Waals surface area contributed by atoms with Crippen molar-refractivity contribution in [2.24, 2.45) is 11.0 Å². The molecule has 36 heavy (non-hydrogen) atoms. The third-order valence-electron chi connectivity index (χ3n) is 6.79. The summed E-state index contributed by atoms with van der Waals surface area (Å²) in [6, 6.07) is 20.5. The van der Waals surface area contributed by atoms with Gasteiger partial charge >= 0.3 is 0 Å². The first-order valence-electron chi connectivity index (χ1n) is 11.8. The van der Waals surface area contributed by atoms with E-state index in [0.29, 0.717) is 15.6 Å². The highest BCUT2D eigenvalue weighted by Crippen LogP contribution is 2.45. The number of hydrazone groups is 1. The first-order chi connectivity index (χ1) is 17.5. The number of ether oxygens (including phenoxy) is 2. The van der Waals surface area contributed by atoms with Crippen molar-refractivity contribution in [3.63, 3.8) is 0 Å². The maximum atomic E-state index is 13.8. The minimum Gasteiger partial charge on any atom is -0.497 e. The fraction of sp³-hybridized carbons (Fsp3) is 0.241. The van der Waals surface area contributed by atoms with Crippen LogP contribution in [0.3, 0.4) is 0 Å². The van der Waals surface area contributed by atoms with Gasteiger partial charge in [0.2, 0.25) is 0 Å². The molecule has 1 aliphatic heterocycles. The molecule has 0 saturated heterocycles. The van der Waals surface area contributed by atoms with Crippen LogP contribution in [0.15, 0.2) is 77.4 Å². The SMILES string of the molecule is COc1ccc(/C=C2\CCC[C@H]3C2=NN(C(=O)c2ccc(Cl)cc2Cl)[C@H]3c2ccc(OC)cc2)cc1. The summed E-state index contributed by atoms with van der Waals surface area (Å²) in [6.45, 7) is 0. The van der Waals surface area contributed by atoms with Crippen LogP contribution in [-0.4, -0.2) is 30.8 Å². The molecule has 0 bridgehead atoms.